The Morgan fingerprint density at radius 1 is 1.11 bits per heavy atom. The standard InChI is InChI=1S/C11H17NO5S2/c1-18(13,14)12-11(9-17-19(2,15)16)8-10-6-4-3-5-7-10/h3-7,11-12H,8-9H2,1-2H3/t11-/m0/s1. The van der Waals surface area contributed by atoms with Crippen molar-refractivity contribution in [2.45, 2.75) is 12.5 Å². The fraction of sp³-hybridized carbons (Fsp3) is 0.455. The number of benzene rings is 1. The zero-order chi connectivity index (χ0) is 14.5. The predicted molar refractivity (Wildman–Crippen MR) is 72.7 cm³/mol. The number of nitrogens with one attached hydrogen (secondary N) is 1. The van der Waals surface area contributed by atoms with E-state index in [9.17, 15) is 16.8 Å². The maximum absolute atomic E-state index is 11.2. The van der Waals surface area contributed by atoms with Gasteiger partial charge in [-0.3, -0.25) is 4.18 Å². The molecule has 0 unspecified atom stereocenters. The molecule has 0 saturated carbocycles. The molecule has 0 radical (unpaired) electrons. The Hall–Kier alpha value is -0.960. The summed E-state index contributed by atoms with van der Waals surface area (Å²) < 4.78 is 51.4. The number of sulfonamides is 1. The van der Waals surface area contributed by atoms with E-state index >= 15 is 0 Å². The molecule has 0 bridgehead atoms. The molecule has 19 heavy (non-hydrogen) atoms. The van der Waals surface area contributed by atoms with Crippen LogP contribution in [0, 0.1) is 0 Å². The average Bonchev–Trinajstić information content (AvgIpc) is 2.24. The maximum Gasteiger partial charge on any atom is 0.264 e. The van der Waals surface area contributed by atoms with E-state index in [2.05, 4.69) is 8.91 Å². The summed E-state index contributed by atoms with van der Waals surface area (Å²) in [6, 6.07) is 8.52. The Bertz CT molecular complexity index is 595. The third kappa shape index (κ3) is 7.93. The molecule has 0 amide bonds. The van der Waals surface area contributed by atoms with Gasteiger partial charge in [0.15, 0.2) is 0 Å². The van der Waals surface area contributed by atoms with Crippen LogP contribution in [0.25, 0.3) is 0 Å². The van der Waals surface area contributed by atoms with Crippen LogP contribution in [0.15, 0.2) is 30.3 Å². The van der Waals surface area contributed by atoms with E-state index in [4.69, 9.17) is 0 Å². The molecule has 0 aliphatic heterocycles. The summed E-state index contributed by atoms with van der Waals surface area (Å²) in [6.07, 6.45) is 2.29. The van der Waals surface area contributed by atoms with Gasteiger partial charge >= 0.3 is 0 Å². The highest BCUT2D eigenvalue weighted by atomic mass is 32.2. The molecular weight excluding hydrogens is 290 g/mol. The lowest BCUT2D eigenvalue weighted by Gasteiger charge is -2.17. The van der Waals surface area contributed by atoms with E-state index in [1.54, 1.807) is 0 Å². The number of rotatable bonds is 7. The van der Waals surface area contributed by atoms with Crippen molar-refractivity contribution >= 4 is 20.1 Å². The highest BCUT2D eigenvalue weighted by molar-refractivity contribution is 7.88. The first-order valence-electron chi connectivity index (χ1n) is 5.51. The second kappa shape index (κ2) is 6.47. The average molecular weight is 307 g/mol. The highest BCUT2D eigenvalue weighted by Gasteiger charge is 2.17. The van der Waals surface area contributed by atoms with E-state index in [1.807, 2.05) is 30.3 Å². The van der Waals surface area contributed by atoms with Gasteiger partial charge in [0.05, 0.1) is 25.2 Å². The van der Waals surface area contributed by atoms with Gasteiger partial charge in [-0.15, -0.1) is 0 Å². The minimum atomic E-state index is -3.60. The largest absolute Gasteiger partial charge is 0.269 e. The van der Waals surface area contributed by atoms with Gasteiger partial charge in [-0.25, -0.2) is 13.1 Å². The van der Waals surface area contributed by atoms with Gasteiger partial charge in [-0.2, -0.15) is 8.42 Å². The fourth-order valence-corrected chi connectivity index (χ4v) is 2.71. The van der Waals surface area contributed by atoms with E-state index in [0.29, 0.717) is 6.42 Å². The van der Waals surface area contributed by atoms with Gasteiger partial charge in [0.1, 0.15) is 0 Å². The zero-order valence-corrected chi connectivity index (χ0v) is 12.4. The SMILES string of the molecule is CS(=O)(=O)N[C@H](COS(C)(=O)=O)Cc1ccccc1. The molecule has 1 aromatic rings. The predicted octanol–water partition coefficient (Wildman–Crippen LogP) is 0.123. The lowest BCUT2D eigenvalue weighted by molar-refractivity contribution is 0.284. The molecule has 0 aromatic heterocycles. The Morgan fingerprint density at radius 2 is 1.68 bits per heavy atom. The van der Waals surface area contributed by atoms with Crippen molar-refractivity contribution in [3.63, 3.8) is 0 Å². The third-order valence-corrected chi connectivity index (χ3v) is 3.51. The summed E-state index contributed by atoms with van der Waals surface area (Å²) in [5.74, 6) is 0. The lowest BCUT2D eigenvalue weighted by Crippen LogP contribution is -2.39. The molecule has 0 saturated heterocycles. The van der Waals surface area contributed by atoms with Crippen molar-refractivity contribution in [1.82, 2.24) is 4.72 Å². The fourth-order valence-electron chi connectivity index (χ4n) is 1.54. The summed E-state index contributed by atoms with van der Waals surface area (Å²) in [7, 11) is -7.04. The van der Waals surface area contributed by atoms with Crippen LogP contribution in [0.3, 0.4) is 0 Å². The topological polar surface area (TPSA) is 89.5 Å². The second-order valence-corrected chi connectivity index (χ2v) is 7.69. The normalized spacial score (nSPS) is 14.2. The quantitative estimate of drug-likeness (QED) is 0.723. The van der Waals surface area contributed by atoms with Crippen molar-refractivity contribution in [3.8, 4) is 0 Å². The molecule has 8 heteroatoms. The highest BCUT2D eigenvalue weighted by Crippen LogP contribution is 2.05. The van der Waals surface area contributed by atoms with Gasteiger partial charge < -0.3 is 0 Å². The van der Waals surface area contributed by atoms with Crippen LogP contribution in [0.2, 0.25) is 0 Å². The van der Waals surface area contributed by atoms with E-state index in [-0.39, 0.29) is 6.61 Å². The van der Waals surface area contributed by atoms with E-state index in [0.717, 1.165) is 18.1 Å². The Kier molecular flexibility index (Phi) is 5.48. The molecule has 0 aliphatic rings. The first-order chi connectivity index (χ1) is 8.66. The van der Waals surface area contributed by atoms with Crippen LogP contribution in [0.1, 0.15) is 5.56 Å². The van der Waals surface area contributed by atoms with Crippen LogP contribution < -0.4 is 4.72 Å². The Balaban J connectivity index is 2.75. The van der Waals surface area contributed by atoms with Gasteiger partial charge in [-0.1, -0.05) is 30.3 Å². The first-order valence-corrected chi connectivity index (χ1v) is 9.22. The molecule has 108 valence electrons. The van der Waals surface area contributed by atoms with Crippen molar-refractivity contribution < 1.29 is 21.0 Å². The molecule has 0 fully saturated rings. The van der Waals surface area contributed by atoms with Crippen LogP contribution in [0.5, 0.6) is 0 Å². The molecule has 0 heterocycles. The zero-order valence-electron chi connectivity index (χ0n) is 10.7. The first kappa shape index (κ1) is 16.1. The second-order valence-electron chi connectivity index (χ2n) is 4.27. The van der Waals surface area contributed by atoms with Crippen LogP contribution in [0.4, 0.5) is 0 Å². The summed E-state index contributed by atoms with van der Waals surface area (Å²) >= 11 is 0. The summed E-state index contributed by atoms with van der Waals surface area (Å²) in [4.78, 5) is 0. The molecule has 0 spiro atoms. The molecule has 6 nitrogen and oxygen atoms in total. The van der Waals surface area contributed by atoms with Crippen LogP contribution >= 0.6 is 0 Å². The monoisotopic (exact) mass is 307 g/mol. The summed E-state index contributed by atoms with van der Waals surface area (Å²) in [5, 5.41) is 0. The van der Waals surface area contributed by atoms with Crippen molar-refractivity contribution in [2.75, 3.05) is 19.1 Å². The molecule has 1 rings (SSSR count). The lowest BCUT2D eigenvalue weighted by atomic mass is 10.1. The van der Waals surface area contributed by atoms with Gasteiger partial charge in [0.2, 0.25) is 10.0 Å². The van der Waals surface area contributed by atoms with Gasteiger partial charge in [0, 0.05) is 0 Å². The Morgan fingerprint density at radius 3 is 2.16 bits per heavy atom. The molecule has 1 atom stereocenters. The van der Waals surface area contributed by atoms with E-state index < -0.39 is 26.2 Å². The third-order valence-electron chi connectivity index (χ3n) is 2.19. The molecule has 0 aliphatic carbocycles. The van der Waals surface area contributed by atoms with Crippen molar-refractivity contribution in [2.24, 2.45) is 0 Å². The Labute approximate surface area is 114 Å². The number of hydrogen-bond acceptors (Lipinski definition) is 5. The summed E-state index contributed by atoms with van der Waals surface area (Å²) in [5.41, 5.74) is 0.890. The molecule has 1 N–H and O–H groups in total. The van der Waals surface area contributed by atoms with Crippen molar-refractivity contribution in [3.05, 3.63) is 35.9 Å². The van der Waals surface area contributed by atoms with E-state index in [1.165, 1.54) is 0 Å². The maximum atomic E-state index is 11.2. The molecule has 1 aromatic carbocycles. The minimum absolute atomic E-state index is 0.235. The van der Waals surface area contributed by atoms with Crippen LogP contribution in [-0.4, -0.2) is 42.0 Å². The van der Waals surface area contributed by atoms with Gasteiger partial charge in [0.25, 0.3) is 10.1 Å². The minimum Gasteiger partial charge on any atom is -0.269 e. The van der Waals surface area contributed by atoms with Gasteiger partial charge in [-0.05, 0) is 12.0 Å². The van der Waals surface area contributed by atoms with Crippen molar-refractivity contribution in [1.29, 1.82) is 0 Å². The smallest absolute Gasteiger partial charge is 0.264 e. The van der Waals surface area contributed by atoms with Crippen LogP contribution in [-0.2, 0) is 30.7 Å². The summed E-state index contributed by atoms with van der Waals surface area (Å²) in [6.45, 7) is -0.235. The number of hydrogen-bond donors (Lipinski definition) is 1. The molecular formula is C11H17NO5S2.